The van der Waals surface area contributed by atoms with Crippen LogP contribution in [0.25, 0.3) is 22.2 Å². The van der Waals surface area contributed by atoms with Gasteiger partial charge in [0.05, 0.1) is 23.3 Å². The Morgan fingerprint density at radius 1 is 1.08 bits per heavy atom. The molecular formula is C30H32N6O3. The van der Waals surface area contributed by atoms with Crippen molar-refractivity contribution in [3.05, 3.63) is 70.3 Å². The van der Waals surface area contributed by atoms with E-state index < -0.39 is 6.09 Å². The minimum absolute atomic E-state index is 0.000765. The first kappa shape index (κ1) is 23.9. The molecule has 7 rings (SSSR count). The van der Waals surface area contributed by atoms with Crippen LogP contribution in [0.4, 0.5) is 4.79 Å². The maximum Gasteiger partial charge on any atom is 0.407 e. The van der Waals surface area contributed by atoms with Gasteiger partial charge in [-0.3, -0.25) is 9.48 Å². The fourth-order valence-electron chi connectivity index (χ4n) is 6.33. The molecule has 0 spiro atoms. The Kier molecular flexibility index (Phi) is 5.50. The number of aromatic nitrogens is 4. The molecular weight excluding hydrogens is 492 g/mol. The molecule has 0 bridgehead atoms. The zero-order valence-electron chi connectivity index (χ0n) is 22.3. The quantitative estimate of drug-likeness (QED) is 0.372. The van der Waals surface area contributed by atoms with E-state index in [0.717, 1.165) is 76.6 Å². The first-order valence-electron chi connectivity index (χ1n) is 13.8. The summed E-state index contributed by atoms with van der Waals surface area (Å²) in [5.41, 5.74) is 8.75. The number of rotatable bonds is 4. The van der Waals surface area contributed by atoms with Crippen molar-refractivity contribution < 1.29 is 14.7 Å². The fraction of sp³-hybridized carbons (Fsp3) is 0.400. The highest BCUT2D eigenvalue weighted by Crippen LogP contribution is 2.40. The first-order valence-corrected chi connectivity index (χ1v) is 13.8. The van der Waals surface area contributed by atoms with E-state index in [1.165, 1.54) is 5.56 Å². The number of hydrogen-bond donors (Lipinski definition) is 2. The lowest BCUT2D eigenvalue weighted by molar-refractivity contribution is 0.0731. The maximum atomic E-state index is 13.7. The number of nitrogens with one attached hydrogen (secondary N) is 1. The van der Waals surface area contributed by atoms with Crippen molar-refractivity contribution in [2.24, 2.45) is 0 Å². The van der Waals surface area contributed by atoms with Gasteiger partial charge in [-0.1, -0.05) is 6.07 Å². The third-order valence-electron chi connectivity index (χ3n) is 8.66. The Hall–Kier alpha value is -4.14. The number of benzene rings is 1. The SMILES string of the molecule is Cc1nn(C2CC2)cc1C(=O)N1CCc2cc(-c3cnc4[nH]cc(C)c4c3)cc(C3CCCN3C(=O)O)c2C1. The minimum Gasteiger partial charge on any atom is -0.465 e. The number of carbonyl (C=O) groups is 2. The summed E-state index contributed by atoms with van der Waals surface area (Å²) in [7, 11) is 0. The molecule has 1 unspecified atom stereocenters. The normalized spacial score (nSPS) is 19.1. The van der Waals surface area contributed by atoms with Crippen LogP contribution in [0.2, 0.25) is 0 Å². The molecule has 1 saturated carbocycles. The van der Waals surface area contributed by atoms with Gasteiger partial charge in [0.15, 0.2) is 0 Å². The summed E-state index contributed by atoms with van der Waals surface area (Å²) in [5, 5.41) is 15.7. The zero-order chi connectivity index (χ0) is 26.8. The number of hydrogen-bond acceptors (Lipinski definition) is 4. The van der Waals surface area contributed by atoms with E-state index in [0.29, 0.717) is 31.2 Å². The van der Waals surface area contributed by atoms with Gasteiger partial charge in [-0.2, -0.15) is 5.10 Å². The smallest absolute Gasteiger partial charge is 0.407 e. The molecule has 3 aliphatic rings. The predicted octanol–water partition coefficient (Wildman–Crippen LogP) is 5.39. The van der Waals surface area contributed by atoms with Gasteiger partial charge in [0, 0.05) is 49.2 Å². The second-order valence-electron chi connectivity index (χ2n) is 11.2. The average molecular weight is 525 g/mol. The van der Waals surface area contributed by atoms with Crippen molar-refractivity contribution in [1.29, 1.82) is 0 Å². The van der Waals surface area contributed by atoms with Crippen molar-refractivity contribution in [2.45, 2.75) is 64.6 Å². The second-order valence-corrected chi connectivity index (χ2v) is 11.2. The van der Waals surface area contributed by atoms with E-state index in [-0.39, 0.29) is 11.9 Å². The predicted molar refractivity (Wildman–Crippen MR) is 147 cm³/mol. The van der Waals surface area contributed by atoms with Crippen LogP contribution in [0.3, 0.4) is 0 Å². The Morgan fingerprint density at radius 2 is 1.92 bits per heavy atom. The number of carbonyl (C=O) groups excluding carboxylic acids is 1. The molecule has 2 N–H and O–H groups in total. The van der Waals surface area contributed by atoms with Gasteiger partial charge in [-0.15, -0.1) is 0 Å². The van der Waals surface area contributed by atoms with E-state index in [9.17, 15) is 14.7 Å². The van der Waals surface area contributed by atoms with Crippen molar-refractivity contribution in [2.75, 3.05) is 13.1 Å². The first-order chi connectivity index (χ1) is 18.9. The van der Waals surface area contributed by atoms with Crippen LogP contribution in [-0.2, 0) is 13.0 Å². The lowest BCUT2D eigenvalue weighted by Crippen LogP contribution is -2.38. The third-order valence-corrected chi connectivity index (χ3v) is 8.66. The van der Waals surface area contributed by atoms with Gasteiger partial charge in [0.25, 0.3) is 5.91 Å². The maximum absolute atomic E-state index is 13.7. The fourth-order valence-corrected chi connectivity index (χ4v) is 6.33. The summed E-state index contributed by atoms with van der Waals surface area (Å²) in [6, 6.07) is 6.70. The molecule has 3 aromatic heterocycles. The summed E-state index contributed by atoms with van der Waals surface area (Å²) in [5.74, 6) is -0.000765. The number of H-pyrrole nitrogens is 1. The molecule has 1 aromatic carbocycles. The van der Waals surface area contributed by atoms with Crippen LogP contribution in [0.1, 0.15) is 76.1 Å². The van der Waals surface area contributed by atoms with E-state index in [2.05, 4.69) is 40.2 Å². The van der Waals surface area contributed by atoms with Gasteiger partial charge in [-0.05, 0) is 85.9 Å². The van der Waals surface area contributed by atoms with Crippen molar-refractivity contribution >= 4 is 23.0 Å². The van der Waals surface area contributed by atoms with Gasteiger partial charge in [0.1, 0.15) is 5.65 Å². The number of likely N-dealkylation sites (tertiary alicyclic amines) is 1. The average Bonchev–Trinajstić information content (AvgIpc) is 3.35. The molecule has 2 fully saturated rings. The van der Waals surface area contributed by atoms with Crippen LogP contribution < -0.4 is 0 Å². The number of carboxylic acid groups (broad SMARTS) is 1. The van der Waals surface area contributed by atoms with Gasteiger partial charge >= 0.3 is 6.09 Å². The third kappa shape index (κ3) is 4.07. The Balaban J connectivity index is 1.29. The Labute approximate surface area is 226 Å². The molecule has 2 amide bonds. The number of nitrogens with zero attached hydrogens (tertiary/aromatic N) is 5. The van der Waals surface area contributed by atoms with Crippen molar-refractivity contribution in [3.63, 3.8) is 0 Å². The van der Waals surface area contributed by atoms with Crippen molar-refractivity contribution in [3.8, 4) is 11.1 Å². The summed E-state index contributed by atoms with van der Waals surface area (Å²) in [6.45, 7) is 5.58. The molecule has 5 heterocycles. The summed E-state index contributed by atoms with van der Waals surface area (Å²) in [6.07, 6.45) is 9.41. The monoisotopic (exact) mass is 524 g/mol. The number of amides is 2. The van der Waals surface area contributed by atoms with E-state index in [4.69, 9.17) is 0 Å². The lowest BCUT2D eigenvalue weighted by Gasteiger charge is -2.33. The highest BCUT2D eigenvalue weighted by molar-refractivity contribution is 5.95. The minimum atomic E-state index is -0.894. The van der Waals surface area contributed by atoms with E-state index >= 15 is 0 Å². The van der Waals surface area contributed by atoms with Crippen LogP contribution >= 0.6 is 0 Å². The van der Waals surface area contributed by atoms with Gasteiger partial charge < -0.3 is 19.9 Å². The Bertz CT molecular complexity index is 1630. The topological polar surface area (TPSA) is 107 Å². The molecule has 4 aromatic rings. The van der Waals surface area contributed by atoms with Crippen LogP contribution in [0.5, 0.6) is 0 Å². The molecule has 1 atom stereocenters. The molecule has 0 radical (unpaired) electrons. The van der Waals surface area contributed by atoms with Gasteiger partial charge in [0.2, 0.25) is 0 Å². The number of aryl methyl sites for hydroxylation is 2. The number of fused-ring (bicyclic) bond motifs is 2. The standard InChI is InChI=1S/C30H32N6O3/c1-17-13-31-28-23(17)12-21(14-32-28)20-10-19-7-9-34(29(37)25-16-36(22-5-6-22)33-18(25)2)15-26(19)24(11-20)27-4-3-8-35(27)30(38)39/h10-14,16,22,27H,3-9,15H2,1-2H3,(H,31,32)(H,38,39). The van der Waals surface area contributed by atoms with Crippen LogP contribution in [0, 0.1) is 13.8 Å². The highest BCUT2D eigenvalue weighted by Gasteiger charge is 2.35. The van der Waals surface area contributed by atoms with Gasteiger partial charge in [-0.25, -0.2) is 9.78 Å². The molecule has 1 aliphatic carbocycles. The van der Waals surface area contributed by atoms with E-state index in [1.807, 2.05) is 35.1 Å². The number of pyridine rings is 1. The highest BCUT2D eigenvalue weighted by atomic mass is 16.4. The molecule has 200 valence electrons. The Morgan fingerprint density at radius 3 is 2.72 bits per heavy atom. The van der Waals surface area contributed by atoms with Crippen molar-refractivity contribution in [1.82, 2.24) is 29.5 Å². The molecule has 2 aliphatic heterocycles. The molecule has 1 saturated heterocycles. The lowest BCUT2D eigenvalue weighted by atomic mass is 9.86. The van der Waals surface area contributed by atoms with Crippen LogP contribution in [-0.4, -0.2) is 59.7 Å². The summed E-state index contributed by atoms with van der Waals surface area (Å²) < 4.78 is 1.94. The van der Waals surface area contributed by atoms with Crippen LogP contribution in [0.15, 0.2) is 36.8 Å². The number of aromatic amines is 1. The molecule has 9 nitrogen and oxygen atoms in total. The zero-order valence-corrected chi connectivity index (χ0v) is 22.3. The summed E-state index contributed by atoms with van der Waals surface area (Å²) in [4.78, 5) is 37.1. The summed E-state index contributed by atoms with van der Waals surface area (Å²) >= 11 is 0. The van der Waals surface area contributed by atoms with E-state index in [1.54, 1.807) is 4.90 Å². The molecule has 9 heteroatoms. The second kappa shape index (κ2) is 8.97. The molecule has 39 heavy (non-hydrogen) atoms. The largest absolute Gasteiger partial charge is 0.465 e.